The van der Waals surface area contributed by atoms with Gasteiger partial charge in [0.25, 0.3) is 0 Å². The Labute approximate surface area is 95.5 Å². The number of rotatable bonds is 3. The van der Waals surface area contributed by atoms with Crippen LogP contribution < -0.4 is 14.8 Å². The fraction of sp³-hybridized carbons (Fsp3) is 0.500. The first-order valence-corrected chi connectivity index (χ1v) is 5.32. The Morgan fingerprint density at radius 1 is 1.31 bits per heavy atom. The van der Waals surface area contributed by atoms with Crippen molar-refractivity contribution in [3.05, 3.63) is 23.8 Å². The van der Waals surface area contributed by atoms with E-state index < -0.39 is 0 Å². The van der Waals surface area contributed by atoms with Gasteiger partial charge in [0.1, 0.15) is 0 Å². The Bertz CT molecular complexity index is 348. The largest absolute Gasteiger partial charge is 0.493 e. The van der Waals surface area contributed by atoms with Crippen molar-refractivity contribution < 1.29 is 14.2 Å². The molecule has 87 valence electrons. The van der Waals surface area contributed by atoms with E-state index >= 15 is 0 Å². The monoisotopic (exact) mass is 222 g/mol. The number of nitrogens with zero attached hydrogens (tertiary/aromatic N) is 1. The highest BCUT2D eigenvalue weighted by atomic mass is 16.5. The lowest BCUT2D eigenvalue weighted by molar-refractivity contribution is 0.0736. The highest BCUT2D eigenvalue weighted by molar-refractivity contribution is 5.48. The maximum atomic E-state index is 5.42. The predicted molar refractivity (Wildman–Crippen MR) is 60.1 cm³/mol. The van der Waals surface area contributed by atoms with Crippen LogP contribution in [0.3, 0.4) is 0 Å². The van der Waals surface area contributed by atoms with Gasteiger partial charge in [0.2, 0.25) is 0 Å². The summed E-state index contributed by atoms with van der Waals surface area (Å²) in [6.45, 7) is 2.07. The Balaban J connectivity index is 2.30. The molecule has 1 aromatic carbocycles. The Morgan fingerprint density at radius 3 is 2.81 bits per heavy atom. The van der Waals surface area contributed by atoms with Gasteiger partial charge >= 0.3 is 0 Å². The van der Waals surface area contributed by atoms with E-state index in [1.807, 2.05) is 18.2 Å². The van der Waals surface area contributed by atoms with Crippen LogP contribution in [0.25, 0.3) is 0 Å². The van der Waals surface area contributed by atoms with Crippen LogP contribution in [0.2, 0.25) is 0 Å². The van der Waals surface area contributed by atoms with Gasteiger partial charge in [0.15, 0.2) is 11.5 Å². The maximum Gasteiger partial charge on any atom is 0.165 e. The highest BCUT2D eigenvalue weighted by Gasteiger charge is 2.22. The topological polar surface area (TPSA) is 41.8 Å². The summed E-state index contributed by atoms with van der Waals surface area (Å²) in [5, 5.41) is 4.52. The molecule has 0 bridgehead atoms. The molecule has 0 N–H and O–H groups in total. The van der Waals surface area contributed by atoms with E-state index in [2.05, 4.69) is 5.32 Å². The van der Waals surface area contributed by atoms with Crippen molar-refractivity contribution in [2.24, 2.45) is 0 Å². The molecule has 1 radical (unpaired) electrons. The fourth-order valence-corrected chi connectivity index (χ4v) is 1.88. The van der Waals surface area contributed by atoms with Crippen LogP contribution in [0.15, 0.2) is 18.2 Å². The molecule has 1 aliphatic heterocycles. The molecular formula is C12H16NO3. The average Bonchev–Trinajstić information content (AvgIpc) is 2.38. The van der Waals surface area contributed by atoms with Crippen LogP contribution >= 0.6 is 0 Å². The van der Waals surface area contributed by atoms with Crippen molar-refractivity contribution in [3.63, 3.8) is 0 Å². The van der Waals surface area contributed by atoms with Gasteiger partial charge in [-0.3, -0.25) is 0 Å². The van der Waals surface area contributed by atoms with Gasteiger partial charge in [0, 0.05) is 12.1 Å². The van der Waals surface area contributed by atoms with E-state index in [1.165, 1.54) is 0 Å². The van der Waals surface area contributed by atoms with Crippen LogP contribution in [0.1, 0.15) is 11.6 Å². The first-order valence-electron chi connectivity index (χ1n) is 5.32. The Morgan fingerprint density at radius 2 is 2.19 bits per heavy atom. The Hall–Kier alpha value is -1.26. The molecule has 1 atom stereocenters. The zero-order valence-corrected chi connectivity index (χ0v) is 9.60. The van der Waals surface area contributed by atoms with E-state index in [0.717, 1.165) is 23.6 Å². The van der Waals surface area contributed by atoms with E-state index in [0.29, 0.717) is 13.2 Å². The van der Waals surface area contributed by atoms with Crippen molar-refractivity contribution in [2.45, 2.75) is 6.04 Å². The maximum absolute atomic E-state index is 5.42. The molecule has 1 aromatic rings. The number of hydrogen-bond acceptors (Lipinski definition) is 3. The Kier molecular flexibility index (Phi) is 3.64. The molecule has 1 aliphatic rings. The van der Waals surface area contributed by atoms with Crippen molar-refractivity contribution in [1.82, 2.24) is 5.32 Å². The third-order valence-electron chi connectivity index (χ3n) is 2.65. The summed E-state index contributed by atoms with van der Waals surface area (Å²) < 4.78 is 16.1. The molecule has 4 nitrogen and oxygen atoms in total. The van der Waals surface area contributed by atoms with Gasteiger partial charge in [-0.05, 0) is 6.07 Å². The zero-order chi connectivity index (χ0) is 11.4. The van der Waals surface area contributed by atoms with Crippen LogP contribution in [-0.4, -0.2) is 34.0 Å². The van der Waals surface area contributed by atoms with Crippen molar-refractivity contribution in [1.29, 1.82) is 0 Å². The molecule has 0 spiro atoms. The number of ether oxygens (including phenoxy) is 3. The average molecular weight is 222 g/mol. The summed E-state index contributed by atoms with van der Waals surface area (Å²) in [5.74, 6) is 1.49. The molecule has 0 aliphatic carbocycles. The quantitative estimate of drug-likeness (QED) is 0.775. The standard InChI is InChI=1S/C12H16NO3/c1-14-11-5-3-4-9(12(11)15-2)10-8-16-7-6-13-10/h3-5,10H,6-8H2,1-2H3. The summed E-state index contributed by atoms with van der Waals surface area (Å²) in [6, 6.07) is 5.88. The first kappa shape index (κ1) is 11.2. The molecule has 16 heavy (non-hydrogen) atoms. The zero-order valence-electron chi connectivity index (χ0n) is 9.60. The summed E-state index contributed by atoms with van der Waals surface area (Å²) in [5.41, 5.74) is 1.03. The molecule has 0 saturated carbocycles. The minimum atomic E-state index is 0.0544. The van der Waals surface area contributed by atoms with E-state index in [1.54, 1.807) is 14.2 Å². The highest BCUT2D eigenvalue weighted by Crippen LogP contribution is 2.35. The molecule has 1 fully saturated rings. The second kappa shape index (κ2) is 5.18. The molecular weight excluding hydrogens is 206 g/mol. The summed E-state index contributed by atoms with van der Waals surface area (Å²) >= 11 is 0. The lowest BCUT2D eigenvalue weighted by Crippen LogP contribution is -2.29. The van der Waals surface area contributed by atoms with E-state index in [-0.39, 0.29) is 6.04 Å². The number of para-hydroxylation sites is 1. The van der Waals surface area contributed by atoms with Gasteiger partial charge < -0.3 is 14.2 Å². The molecule has 2 rings (SSSR count). The van der Waals surface area contributed by atoms with Crippen LogP contribution in [0.4, 0.5) is 0 Å². The third kappa shape index (κ3) is 2.13. The van der Waals surface area contributed by atoms with Gasteiger partial charge in [-0.15, -0.1) is 0 Å². The second-order valence-corrected chi connectivity index (χ2v) is 3.58. The number of morpholine rings is 1. The SMILES string of the molecule is COc1cccc(C2COCC[N]2)c1OC. The van der Waals surface area contributed by atoms with Gasteiger partial charge in [-0.25, -0.2) is 5.32 Å². The number of hydrogen-bond donors (Lipinski definition) is 0. The normalized spacial score (nSPS) is 20.5. The molecule has 1 unspecified atom stereocenters. The van der Waals surface area contributed by atoms with E-state index in [4.69, 9.17) is 14.2 Å². The minimum absolute atomic E-state index is 0.0544. The number of methoxy groups -OCH3 is 2. The van der Waals surface area contributed by atoms with Crippen molar-refractivity contribution >= 4 is 0 Å². The second-order valence-electron chi connectivity index (χ2n) is 3.58. The van der Waals surface area contributed by atoms with Crippen molar-refractivity contribution in [3.8, 4) is 11.5 Å². The van der Waals surface area contributed by atoms with Gasteiger partial charge in [-0.1, -0.05) is 12.1 Å². The minimum Gasteiger partial charge on any atom is -0.493 e. The predicted octanol–water partition coefficient (Wildman–Crippen LogP) is 1.38. The molecule has 0 amide bonds. The molecule has 1 saturated heterocycles. The lowest BCUT2D eigenvalue weighted by atomic mass is 10.0. The molecule has 1 heterocycles. The molecule has 4 heteroatoms. The lowest BCUT2D eigenvalue weighted by Gasteiger charge is -2.24. The summed E-state index contributed by atoms with van der Waals surface area (Å²) in [7, 11) is 3.28. The summed E-state index contributed by atoms with van der Waals surface area (Å²) in [4.78, 5) is 0. The number of benzene rings is 1. The first-order chi connectivity index (χ1) is 7.86. The molecule has 0 aromatic heterocycles. The fourth-order valence-electron chi connectivity index (χ4n) is 1.88. The van der Waals surface area contributed by atoms with Gasteiger partial charge in [0.05, 0.1) is 33.5 Å². The van der Waals surface area contributed by atoms with Crippen LogP contribution in [0.5, 0.6) is 11.5 Å². The smallest absolute Gasteiger partial charge is 0.165 e. The van der Waals surface area contributed by atoms with Crippen molar-refractivity contribution in [2.75, 3.05) is 34.0 Å². The van der Waals surface area contributed by atoms with Crippen LogP contribution in [0, 0.1) is 0 Å². The van der Waals surface area contributed by atoms with E-state index in [9.17, 15) is 0 Å². The third-order valence-corrected chi connectivity index (χ3v) is 2.65. The van der Waals surface area contributed by atoms with Crippen LogP contribution in [-0.2, 0) is 4.74 Å². The van der Waals surface area contributed by atoms with Gasteiger partial charge in [-0.2, -0.15) is 0 Å². The summed E-state index contributed by atoms with van der Waals surface area (Å²) in [6.07, 6.45) is 0.